The van der Waals surface area contributed by atoms with Crippen molar-refractivity contribution in [2.24, 2.45) is 7.05 Å². The Balaban J connectivity index is 1.72. The van der Waals surface area contributed by atoms with E-state index in [0.717, 1.165) is 25.5 Å². The number of para-hydroxylation sites is 1. The number of rotatable bonds is 6. The fourth-order valence-corrected chi connectivity index (χ4v) is 1.82. The lowest BCUT2D eigenvalue weighted by atomic mass is 10.3. The van der Waals surface area contributed by atoms with Crippen molar-refractivity contribution in [2.75, 3.05) is 25.5 Å². The Hall–Kier alpha value is -1.81. The van der Waals surface area contributed by atoms with E-state index < -0.39 is 0 Å². The van der Waals surface area contributed by atoms with Gasteiger partial charge in [-0.05, 0) is 19.2 Å². The monoisotopic (exact) mass is 244 g/mol. The van der Waals surface area contributed by atoms with Gasteiger partial charge in [-0.15, -0.1) is 0 Å². The van der Waals surface area contributed by atoms with Crippen molar-refractivity contribution in [1.82, 2.24) is 14.5 Å². The van der Waals surface area contributed by atoms with Gasteiger partial charge in [0.25, 0.3) is 0 Å². The largest absolute Gasteiger partial charge is 0.384 e. The summed E-state index contributed by atoms with van der Waals surface area (Å²) in [7, 11) is 4.14. The second-order valence-electron chi connectivity index (χ2n) is 4.48. The van der Waals surface area contributed by atoms with Crippen LogP contribution in [-0.4, -0.2) is 34.6 Å². The van der Waals surface area contributed by atoms with Crippen molar-refractivity contribution in [2.45, 2.75) is 6.54 Å². The Kier molecular flexibility index (Phi) is 4.36. The summed E-state index contributed by atoms with van der Waals surface area (Å²) < 4.78 is 2.06. The summed E-state index contributed by atoms with van der Waals surface area (Å²) in [5.74, 6) is 1.09. The van der Waals surface area contributed by atoms with Gasteiger partial charge in [-0.2, -0.15) is 0 Å². The smallest absolute Gasteiger partial charge is 0.122 e. The molecule has 4 nitrogen and oxygen atoms in total. The van der Waals surface area contributed by atoms with Crippen LogP contribution in [0, 0.1) is 0 Å². The molecule has 4 heteroatoms. The molecule has 1 aromatic carbocycles. The van der Waals surface area contributed by atoms with Crippen LogP contribution < -0.4 is 5.32 Å². The number of anilines is 1. The highest BCUT2D eigenvalue weighted by atomic mass is 15.2. The van der Waals surface area contributed by atoms with E-state index in [2.05, 4.69) is 38.9 Å². The number of benzene rings is 1. The molecule has 0 radical (unpaired) electrons. The first-order chi connectivity index (χ1) is 8.75. The lowest BCUT2D eigenvalue weighted by Gasteiger charge is -2.17. The summed E-state index contributed by atoms with van der Waals surface area (Å²) in [5, 5.41) is 3.40. The van der Waals surface area contributed by atoms with Crippen molar-refractivity contribution in [1.29, 1.82) is 0 Å². The highest BCUT2D eigenvalue weighted by Gasteiger charge is 2.03. The second kappa shape index (κ2) is 6.21. The first kappa shape index (κ1) is 12.6. The van der Waals surface area contributed by atoms with Gasteiger partial charge >= 0.3 is 0 Å². The maximum Gasteiger partial charge on any atom is 0.122 e. The molecule has 0 saturated heterocycles. The second-order valence-corrected chi connectivity index (χ2v) is 4.48. The van der Waals surface area contributed by atoms with Gasteiger partial charge in [-0.3, -0.25) is 4.90 Å². The quantitative estimate of drug-likeness (QED) is 0.843. The molecule has 2 rings (SSSR count). The van der Waals surface area contributed by atoms with Crippen LogP contribution >= 0.6 is 0 Å². The highest BCUT2D eigenvalue weighted by Crippen LogP contribution is 2.04. The zero-order chi connectivity index (χ0) is 12.8. The van der Waals surface area contributed by atoms with Gasteiger partial charge < -0.3 is 9.88 Å². The minimum atomic E-state index is 0.875. The van der Waals surface area contributed by atoms with Crippen LogP contribution in [0.15, 0.2) is 42.7 Å². The number of imidazole rings is 1. The van der Waals surface area contributed by atoms with E-state index in [0.29, 0.717) is 0 Å². The van der Waals surface area contributed by atoms with E-state index in [4.69, 9.17) is 0 Å². The minimum absolute atomic E-state index is 0.875. The fourth-order valence-electron chi connectivity index (χ4n) is 1.82. The Morgan fingerprint density at radius 3 is 2.72 bits per heavy atom. The van der Waals surface area contributed by atoms with Crippen molar-refractivity contribution >= 4 is 5.69 Å². The third kappa shape index (κ3) is 3.60. The van der Waals surface area contributed by atoms with Gasteiger partial charge in [0.15, 0.2) is 0 Å². The molecule has 0 unspecified atom stereocenters. The number of hydrogen-bond acceptors (Lipinski definition) is 3. The van der Waals surface area contributed by atoms with Crippen LogP contribution in [0.5, 0.6) is 0 Å². The lowest BCUT2D eigenvalue weighted by molar-refractivity contribution is 0.327. The summed E-state index contributed by atoms with van der Waals surface area (Å²) in [6.45, 7) is 2.80. The number of hydrogen-bond donors (Lipinski definition) is 1. The lowest BCUT2D eigenvalue weighted by Crippen LogP contribution is -2.26. The van der Waals surface area contributed by atoms with E-state index in [1.54, 1.807) is 0 Å². The molecule has 0 aliphatic heterocycles. The number of nitrogens with one attached hydrogen (secondary N) is 1. The van der Waals surface area contributed by atoms with E-state index in [1.165, 1.54) is 5.69 Å². The molecular formula is C14H20N4. The average Bonchev–Trinajstić information content (AvgIpc) is 2.76. The van der Waals surface area contributed by atoms with Crippen molar-refractivity contribution < 1.29 is 0 Å². The normalized spacial score (nSPS) is 10.8. The average molecular weight is 244 g/mol. The van der Waals surface area contributed by atoms with Crippen molar-refractivity contribution in [3.8, 4) is 0 Å². The van der Waals surface area contributed by atoms with Gasteiger partial charge in [-0.25, -0.2) is 4.98 Å². The van der Waals surface area contributed by atoms with Gasteiger partial charge in [0.2, 0.25) is 0 Å². The SMILES string of the molecule is CN(CCNc1ccccc1)Cc1nccn1C. The van der Waals surface area contributed by atoms with Crippen LogP contribution in [0.3, 0.4) is 0 Å². The molecule has 1 N–H and O–H groups in total. The van der Waals surface area contributed by atoms with Crippen molar-refractivity contribution in [3.05, 3.63) is 48.5 Å². The Morgan fingerprint density at radius 2 is 2.06 bits per heavy atom. The first-order valence-corrected chi connectivity index (χ1v) is 6.19. The molecule has 0 spiro atoms. The third-order valence-electron chi connectivity index (χ3n) is 2.93. The van der Waals surface area contributed by atoms with Crippen LogP contribution in [0.4, 0.5) is 5.69 Å². The molecule has 1 heterocycles. The molecule has 0 aliphatic rings. The van der Waals surface area contributed by atoms with Gasteiger partial charge in [0.05, 0.1) is 6.54 Å². The predicted octanol–water partition coefficient (Wildman–Crippen LogP) is 1.96. The molecule has 0 fully saturated rings. The molecule has 2 aromatic rings. The van der Waals surface area contributed by atoms with Crippen LogP contribution in [0.25, 0.3) is 0 Å². The van der Waals surface area contributed by atoms with Gasteiger partial charge in [0, 0.05) is 38.2 Å². The Labute approximate surface area is 108 Å². The molecule has 0 bridgehead atoms. The minimum Gasteiger partial charge on any atom is -0.384 e. The zero-order valence-corrected chi connectivity index (χ0v) is 11.0. The Morgan fingerprint density at radius 1 is 1.28 bits per heavy atom. The maximum atomic E-state index is 4.32. The topological polar surface area (TPSA) is 33.1 Å². The summed E-state index contributed by atoms with van der Waals surface area (Å²) in [6, 6.07) is 10.3. The van der Waals surface area contributed by atoms with Crippen LogP contribution in [0.1, 0.15) is 5.82 Å². The van der Waals surface area contributed by atoms with E-state index in [9.17, 15) is 0 Å². The molecule has 0 amide bonds. The van der Waals surface area contributed by atoms with E-state index >= 15 is 0 Å². The molecule has 0 aliphatic carbocycles. The van der Waals surface area contributed by atoms with Gasteiger partial charge in [-0.1, -0.05) is 18.2 Å². The number of nitrogens with zero attached hydrogens (tertiary/aromatic N) is 3. The number of aromatic nitrogens is 2. The van der Waals surface area contributed by atoms with E-state index in [1.807, 2.05) is 37.6 Å². The van der Waals surface area contributed by atoms with Crippen molar-refractivity contribution in [3.63, 3.8) is 0 Å². The zero-order valence-electron chi connectivity index (χ0n) is 11.0. The molecule has 1 aromatic heterocycles. The summed E-state index contributed by atoms with van der Waals surface area (Å²) in [5.41, 5.74) is 1.17. The molecule has 0 saturated carbocycles. The third-order valence-corrected chi connectivity index (χ3v) is 2.93. The first-order valence-electron chi connectivity index (χ1n) is 6.19. The van der Waals surface area contributed by atoms with E-state index in [-0.39, 0.29) is 0 Å². The molecule has 96 valence electrons. The van der Waals surface area contributed by atoms with Crippen LogP contribution in [0.2, 0.25) is 0 Å². The van der Waals surface area contributed by atoms with Crippen LogP contribution in [-0.2, 0) is 13.6 Å². The molecular weight excluding hydrogens is 224 g/mol. The molecule has 0 atom stereocenters. The number of likely N-dealkylation sites (N-methyl/N-ethyl adjacent to an activating group) is 1. The summed E-state index contributed by atoms with van der Waals surface area (Å²) >= 11 is 0. The summed E-state index contributed by atoms with van der Waals surface area (Å²) in [4.78, 5) is 6.59. The Bertz CT molecular complexity index is 464. The molecule has 18 heavy (non-hydrogen) atoms. The highest BCUT2D eigenvalue weighted by molar-refractivity contribution is 5.42. The fraction of sp³-hybridized carbons (Fsp3) is 0.357. The predicted molar refractivity (Wildman–Crippen MR) is 74.5 cm³/mol. The summed E-state index contributed by atoms with van der Waals surface area (Å²) in [6.07, 6.45) is 3.82. The standard InChI is InChI=1S/C14H20N4/c1-17(12-14-16-9-11-18(14)2)10-8-15-13-6-4-3-5-7-13/h3-7,9,11,15H,8,10,12H2,1-2H3. The van der Waals surface area contributed by atoms with Gasteiger partial charge in [0.1, 0.15) is 5.82 Å². The maximum absolute atomic E-state index is 4.32. The number of aryl methyl sites for hydroxylation is 1.